The van der Waals surface area contributed by atoms with Crippen LogP contribution in [0.2, 0.25) is 0 Å². The lowest BCUT2D eigenvalue weighted by atomic mass is 10.0. The first-order chi connectivity index (χ1) is 10.1. The average molecular weight is 322 g/mol. The van der Waals surface area contributed by atoms with Crippen molar-refractivity contribution in [3.63, 3.8) is 0 Å². The summed E-state index contributed by atoms with van der Waals surface area (Å²) in [4.78, 5) is 1.45. The molecule has 3 rings (SSSR count). The van der Waals surface area contributed by atoms with Gasteiger partial charge in [0.05, 0.1) is 4.90 Å². The second-order valence-electron chi connectivity index (χ2n) is 5.14. The number of nitrogens with one attached hydrogen (secondary N) is 1. The number of fused-ring (bicyclic) bond motifs is 1. The van der Waals surface area contributed by atoms with Gasteiger partial charge in [-0.3, -0.25) is 0 Å². The van der Waals surface area contributed by atoms with Gasteiger partial charge in [-0.1, -0.05) is 24.3 Å². The van der Waals surface area contributed by atoms with Crippen LogP contribution >= 0.6 is 11.3 Å². The molecule has 0 aliphatic carbocycles. The van der Waals surface area contributed by atoms with Crippen molar-refractivity contribution in [2.45, 2.75) is 24.4 Å². The molecule has 1 N–H and O–H groups in total. The van der Waals surface area contributed by atoms with Crippen LogP contribution in [0.25, 0.3) is 0 Å². The van der Waals surface area contributed by atoms with Crippen LogP contribution in [-0.2, 0) is 29.5 Å². The monoisotopic (exact) mass is 322 g/mol. The van der Waals surface area contributed by atoms with Crippen molar-refractivity contribution in [3.8, 4) is 0 Å². The lowest BCUT2D eigenvalue weighted by Gasteiger charge is -2.27. The van der Waals surface area contributed by atoms with Crippen LogP contribution in [0.3, 0.4) is 0 Å². The predicted octanol–water partition coefficient (Wildman–Crippen LogP) is 2.21. The van der Waals surface area contributed by atoms with E-state index in [1.165, 1.54) is 16.9 Å². The highest BCUT2D eigenvalue weighted by molar-refractivity contribution is 7.89. The van der Waals surface area contributed by atoms with Crippen LogP contribution in [0.4, 0.5) is 0 Å². The maximum Gasteiger partial charge on any atom is 0.244 e. The van der Waals surface area contributed by atoms with Crippen LogP contribution in [0.5, 0.6) is 0 Å². The summed E-state index contributed by atoms with van der Waals surface area (Å²) in [6.45, 7) is 1.72. The molecule has 2 heterocycles. The first-order valence-corrected chi connectivity index (χ1v) is 9.22. The summed E-state index contributed by atoms with van der Waals surface area (Å²) < 4.78 is 27.0. The maximum atomic E-state index is 12.7. The average Bonchev–Trinajstić information content (AvgIpc) is 2.96. The van der Waals surface area contributed by atoms with Gasteiger partial charge in [0.1, 0.15) is 0 Å². The Morgan fingerprint density at radius 3 is 2.81 bits per heavy atom. The zero-order chi connectivity index (χ0) is 14.9. The van der Waals surface area contributed by atoms with Crippen LogP contribution in [-0.4, -0.2) is 26.3 Å². The summed E-state index contributed by atoms with van der Waals surface area (Å²) in [5, 5.41) is 4.78. The highest BCUT2D eigenvalue weighted by Crippen LogP contribution is 2.27. The van der Waals surface area contributed by atoms with E-state index in [0.717, 1.165) is 16.9 Å². The van der Waals surface area contributed by atoms with Gasteiger partial charge in [0.2, 0.25) is 10.0 Å². The Labute approximate surface area is 129 Å². The van der Waals surface area contributed by atoms with Gasteiger partial charge in [0, 0.05) is 29.9 Å². The number of hydrogen-bond acceptors (Lipinski definition) is 4. The molecule has 0 saturated heterocycles. The Morgan fingerprint density at radius 1 is 1.29 bits per heavy atom. The molecular weight excluding hydrogens is 304 g/mol. The van der Waals surface area contributed by atoms with Crippen molar-refractivity contribution >= 4 is 21.4 Å². The molecule has 0 spiro atoms. The van der Waals surface area contributed by atoms with Gasteiger partial charge >= 0.3 is 0 Å². The molecule has 0 fully saturated rings. The third-order valence-corrected chi connectivity index (χ3v) is 6.62. The fraction of sp³-hybridized carbons (Fsp3) is 0.333. The molecule has 0 atom stereocenters. The standard InChI is InChI=1S/C15H18N2O2S2/c1-16-9-14-8-15(11-20-14)21(18,19)17-7-6-12-4-2-3-5-13(12)10-17/h2-5,8,11,16H,6-7,9-10H2,1H3. The van der Waals surface area contributed by atoms with E-state index in [1.54, 1.807) is 15.8 Å². The van der Waals surface area contributed by atoms with Gasteiger partial charge in [0.15, 0.2) is 0 Å². The van der Waals surface area contributed by atoms with Crippen molar-refractivity contribution in [2.24, 2.45) is 0 Å². The fourth-order valence-corrected chi connectivity index (χ4v) is 5.28. The molecule has 1 aliphatic heterocycles. The zero-order valence-corrected chi connectivity index (χ0v) is 13.5. The van der Waals surface area contributed by atoms with E-state index in [4.69, 9.17) is 0 Å². The zero-order valence-electron chi connectivity index (χ0n) is 11.9. The molecule has 112 valence electrons. The summed E-state index contributed by atoms with van der Waals surface area (Å²) in [5.41, 5.74) is 2.36. The van der Waals surface area contributed by atoms with Crippen LogP contribution in [0.15, 0.2) is 40.6 Å². The van der Waals surface area contributed by atoms with E-state index in [-0.39, 0.29) is 0 Å². The van der Waals surface area contributed by atoms with Gasteiger partial charge in [-0.15, -0.1) is 11.3 Å². The number of thiophene rings is 1. The highest BCUT2D eigenvalue weighted by Gasteiger charge is 2.28. The normalized spacial score (nSPS) is 15.9. The van der Waals surface area contributed by atoms with Crippen molar-refractivity contribution in [3.05, 3.63) is 51.7 Å². The number of sulfonamides is 1. The second kappa shape index (κ2) is 5.88. The lowest BCUT2D eigenvalue weighted by molar-refractivity contribution is 0.391. The Morgan fingerprint density at radius 2 is 2.05 bits per heavy atom. The van der Waals surface area contributed by atoms with Crippen molar-refractivity contribution in [2.75, 3.05) is 13.6 Å². The summed E-state index contributed by atoms with van der Waals surface area (Å²) in [6.07, 6.45) is 0.781. The SMILES string of the molecule is CNCc1cc(S(=O)(=O)N2CCc3ccccc3C2)cs1. The fourth-order valence-electron chi connectivity index (χ4n) is 2.59. The smallest absolute Gasteiger partial charge is 0.244 e. The minimum Gasteiger partial charge on any atom is -0.315 e. The molecule has 0 saturated carbocycles. The topological polar surface area (TPSA) is 49.4 Å². The van der Waals surface area contributed by atoms with E-state index in [2.05, 4.69) is 11.4 Å². The van der Waals surface area contributed by atoms with Gasteiger partial charge < -0.3 is 5.32 Å². The molecule has 1 aromatic heterocycles. The minimum absolute atomic E-state index is 0.414. The largest absolute Gasteiger partial charge is 0.315 e. The van der Waals surface area contributed by atoms with Gasteiger partial charge in [-0.25, -0.2) is 8.42 Å². The van der Waals surface area contributed by atoms with Gasteiger partial charge in [-0.2, -0.15) is 4.31 Å². The summed E-state index contributed by atoms with van der Waals surface area (Å²) in [7, 11) is -1.53. The van der Waals surface area contributed by atoms with Crippen molar-refractivity contribution in [1.82, 2.24) is 9.62 Å². The van der Waals surface area contributed by atoms with E-state index in [1.807, 2.05) is 25.2 Å². The first kappa shape index (κ1) is 14.7. The maximum absolute atomic E-state index is 12.7. The number of rotatable bonds is 4. The van der Waals surface area contributed by atoms with E-state index >= 15 is 0 Å². The Bertz CT molecular complexity index is 738. The van der Waals surface area contributed by atoms with Crippen LogP contribution in [0.1, 0.15) is 16.0 Å². The van der Waals surface area contributed by atoms with Crippen LogP contribution in [0, 0.1) is 0 Å². The molecule has 6 heteroatoms. The van der Waals surface area contributed by atoms with E-state index < -0.39 is 10.0 Å². The van der Waals surface area contributed by atoms with E-state index in [0.29, 0.717) is 24.5 Å². The molecular formula is C15H18N2O2S2. The highest BCUT2D eigenvalue weighted by atomic mass is 32.2. The summed E-state index contributed by atoms with van der Waals surface area (Å²) in [5.74, 6) is 0. The van der Waals surface area contributed by atoms with Crippen molar-refractivity contribution < 1.29 is 8.42 Å². The summed E-state index contributed by atoms with van der Waals surface area (Å²) in [6, 6.07) is 9.83. The molecule has 21 heavy (non-hydrogen) atoms. The summed E-state index contributed by atoms with van der Waals surface area (Å²) >= 11 is 1.48. The van der Waals surface area contributed by atoms with Crippen LogP contribution < -0.4 is 5.32 Å². The predicted molar refractivity (Wildman–Crippen MR) is 84.8 cm³/mol. The number of nitrogens with zero attached hydrogens (tertiary/aromatic N) is 1. The molecule has 1 aliphatic rings. The van der Waals surface area contributed by atoms with Crippen molar-refractivity contribution in [1.29, 1.82) is 0 Å². The molecule has 0 amide bonds. The first-order valence-electron chi connectivity index (χ1n) is 6.90. The Balaban J connectivity index is 1.85. The molecule has 0 bridgehead atoms. The third kappa shape index (κ3) is 2.89. The molecule has 0 radical (unpaired) electrons. The number of benzene rings is 1. The molecule has 4 nitrogen and oxygen atoms in total. The minimum atomic E-state index is -3.39. The molecule has 0 unspecified atom stereocenters. The van der Waals surface area contributed by atoms with E-state index in [9.17, 15) is 8.42 Å². The lowest BCUT2D eigenvalue weighted by Crippen LogP contribution is -2.35. The number of hydrogen-bond donors (Lipinski definition) is 1. The Hall–Kier alpha value is -1.21. The Kier molecular flexibility index (Phi) is 4.12. The van der Waals surface area contributed by atoms with Gasteiger partial charge in [-0.05, 0) is 30.7 Å². The molecule has 2 aromatic rings. The van der Waals surface area contributed by atoms with Gasteiger partial charge in [0.25, 0.3) is 0 Å². The third-order valence-electron chi connectivity index (χ3n) is 3.71. The quantitative estimate of drug-likeness (QED) is 0.939. The second-order valence-corrected chi connectivity index (χ2v) is 8.07. The molecule has 1 aromatic carbocycles.